The maximum Gasteiger partial charge on any atom is 0.325 e. The molecule has 1 atom stereocenters. The van der Waals surface area contributed by atoms with Gasteiger partial charge in [0.15, 0.2) is 0 Å². The van der Waals surface area contributed by atoms with E-state index in [2.05, 4.69) is 5.32 Å². The summed E-state index contributed by atoms with van der Waals surface area (Å²) in [6.07, 6.45) is 3.38. The number of urea groups is 1. The number of amides is 4. The molecule has 0 unspecified atom stereocenters. The van der Waals surface area contributed by atoms with Crippen molar-refractivity contribution in [1.82, 2.24) is 15.1 Å². The number of carbonyl (C=O) groups is 3. The summed E-state index contributed by atoms with van der Waals surface area (Å²) in [5.74, 6) is -0.720. The van der Waals surface area contributed by atoms with Gasteiger partial charge in [0.2, 0.25) is 5.91 Å². The van der Waals surface area contributed by atoms with Crippen LogP contribution in [-0.4, -0.2) is 41.2 Å². The largest absolute Gasteiger partial charge is 0.467 e. The quantitative estimate of drug-likeness (QED) is 0.690. The van der Waals surface area contributed by atoms with Crippen LogP contribution in [0.25, 0.3) is 0 Å². The van der Waals surface area contributed by atoms with E-state index in [1.807, 2.05) is 6.92 Å². The number of rotatable bonds is 8. The number of nitrogens with one attached hydrogen (secondary N) is 1. The number of hydrogen-bond donors (Lipinski definition) is 1. The first-order valence-electron chi connectivity index (χ1n) is 9.54. The first kappa shape index (κ1) is 20.6. The van der Waals surface area contributed by atoms with Crippen LogP contribution < -0.4 is 5.32 Å². The number of furan rings is 1. The van der Waals surface area contributed by atoms with Gasteiger partial charge in [-0.15, -0.1) is 0 Å². The topological polar surface area (TPSA) is 82.9 Å². The highest BCUT2D eigenvalue weighted by molar-refractivity contribution is 6.09. The van der Waals surface area contributed by atoms with Gasteiger partial charge in [0.25, 0.3) is 5.91 Å². The van der Waals surface area contributed by atoms with Crippen molar-refractivity contribution in [2.24, 2.45) is 0 Å². The monoisotopic (exact) mass is 401 g/mol. The van der Waals surface area contributed by atoms with Crippen LogP contribution in [0.1, 0.15) is 37.5 Å². The third-order valence-electron chi connectivity index (χ3n) is 5.11. The Morgan fingerprint density at radius 2 is 1.97 bits per heavy atom. The number of imide groups is 1. The Balaban J connectivity index is 1.80. The third-order valence-corrected chi connectivity index (χ3v) is 5.11. The Morgan fingerprint density at radius 1 is 1.24 bits per heavy atom. The fraction of sp³-hybridized carbons (Fsp3) is 0.381. The molecule has 2 aromatic rings. The summed E-state index contributed by atoms with van der Waals surface area (Å²) in [5.41, 5.74) is -0.787. The SMILES string of the molecule is CCCC[C@]1(c2ccc(F)cc2)NC(=O)N(CC(=O)N(C)Cc2ccco2)C1=O. The summed E-state index contributed by atoms with van der Waals surface area (Å²) in [5, 5.41) is 2.75. The van der Waals surface area contributed by atoms with Gasteiger partial charge >= 0.3 is 6.03 Å². The van der Waals surface area contributed by atoms with Crippen molar-refractivity contribution in [3.8, 4) is 0 Å². The standard InChI is InChI=1S/C21H24FN3O4/c1-3-4-11-21(15-7-9-16(22)10-8-15)19(27)25(20(28)23-21)14-18(26)24(2)13-17-6-5-12-29-17/h5-10,12H,3-4,11,13-14H2,1-2H3,(H,23,28)/t21-/m1/s1. The van der Waals surface area contributed by atoms with Crippen molar-refractivity contribution in [2.45, 2.75) is 38.3 Å². The zero-order chi connectivity index (χ0) is 21.0. The van der Waals surface area contributed by atoms with E-state index in [1.165, 1.54) is 35.4 Å². The Labute approximate surface area is 168 Å². The molecular weight excluding hydrogens is 377 g/mol. The van der Waals surface area contributed by atoms with Crippen LogP contribution in [0, 0.1) is 5.82 Å². The number of hydrogen-bond acceptors (Lipinski definition) is 4. The van der Waals surface area contributed by atoms with Gasteiger partial charge in [-0.25, -0.2) is 9.18 Å². The van der Waals surface area contributed by atoms with Crippen LogP contribution in [0.4, 0.5) is 9.18 Å². The van der Waals surface area contributed by atoms with Gasteiger partial charge in [-0.2, -0.15) is 0 Å². The van der Waals surface area contributed by atoms with E-state index in [1.54, 1.807) is 19.2 Å². The van der Waals surface area contributed by atoms with Crippen molar-refractivity contribution in [3.05, 3.63) is 59.8 Å². The predicted molar refractivity (Wildman–Crippen MR) is 103 cm³/mol. The second-order valence-corrected chi connectivity index (χ2v) is 7.17. The van der Waals surface area contributed by atoms with Crippen molar-refractivity contribution >= 4 is 17.8 Å². The summed E-state index contributed by atoms with van der Waals surface area (Å²) in [4.78, 5) is 40.8. The lowest BCUT2D eigenvalue weighted by Gasteiger charge is -2.27. The van der Waals surface area contributed by atoms with Crippen LogP contribution in [-0.2, 0) is 21.7 Å². The number of likely N-dealkylation sites (N-methyl/N-ethyl adjacent to an activating group) is 1. The van der Waals surface area contributed by atoms with E-state index >= 15 is 0 Å². The molecule has 1 fully saturated rings. The maximum absolute atomic E-state index is 13.4. The lowest BCUT2D eigenvalue weighted by Crippen LogP contribution is -2.45. The van der Waals surface area contributed by atoms with Gasteiger partial charge in [0.1, 0.15) is 23.7 Å². The van der Waals surface area contributed by atoms with E-state index in [0.29, 0.717) is 24.2 Å². The molecule has 8 heteroatoms. The van der Waals surface area contributed by atoms with Crippen LogP contribution in [0.2, 0.25) is 0 Å². The van der Waals surface area contributed by atoms with Crippen LogP contribution >= 0.6 is 0 Å². The molecule has 1 saturated heterocycles. The van der Waals surface area contributed by atoms with Crippen LogP contribution in [0.15, 0.2) is 47.1 Å². The minimum Gasteiger partial charge on any atom is -0.467 e. The molecule has 1 aromatic carbocycles. The highest BCUT2D eigenvalue weighted by Gasteiger charge is 2.52. The van der Waals surface area contributed by atoms with E-state index in [9.17, 15) is 18.8 Å². The molecule has 1 aliphatic heterocycles. The molecule has 3 rings (SSSR count). The molecule has 0 aliphatic carbocycles. The van der Waals surface area contributed by atoms with Crippen LogP contribution in [0.5, 0.6) is 0 Å². The van der Waals surface area contributed by atoms with Crippen molar-refractivity contribution in [3.63, 3.8) is 0 Å². The molecule has 1 aliphatic rings. The summed E-state index contributed by atoms with van der Waals surface area (Å²) in [7, 11) is 1.58. The fourth-order valence-electron chi connectivity index (χ4n) is 3.44. The van der Waals surface area contributed by atoms with Gasteiger partial charge in [0, 0.05) is 7.05 Å². The summed E-state index contributed by atoms with van der Waals surface area (Å²) >= 11 is 0. The summed E-state index contributed by atoms with van der Waals surface area (Å²) in [6, 6.07) is 8.34. The molecule has 0 bridgehead atoms. The van der Waals surface area contributed by atoms with Crippen LogP contribution in [0.3, 0.4) is 0 Å². The number of benzene rings is 1. The first-order valence-corrected chi connectivity index (χ1v) is 9.54. The summed E-state index contributed by atoms with van der Waals surface area (Å²) < 4.78 is 18.6. The first-order chi connectivity index (χ1) is 13.9. The number of halogens is 1. The average molecular weight is 401 g/mol. The Bertz CT molecular complexity index is 882. The molecule has 29 heavy (non-hydrogen) atoms. The smallest absolute Gasteiger partial charge is 0.325 e. The fourth-order valence-corrected chi connectivity index (χ4v) is 3.44. The average Bonchev–Trinajstić information content (AvgIpc) is 3.29. The minimum atomic E-state index is -1.29. The lowest BCUT2D eigenvalue weighted by atomic mass is 9.85. The van der Waals surface area contributed by atoms with E-state index in [-0.39, 0.29) is 13.1 Å². The van der Waals surface area contributed by atoms with E-state index in [4.69, 9.17) is 4.42 Å². The van der Waals surface area contributed by atoms with E-state index < -0.39 is 29.2 Å². The third kappa shape index (κ3) is 4.16. The van der Waals surface area contributed by atoms with Crippen molar-refractivity contribution in [1.29, 1.82) is 0 Å². The minimum absolute atomic E-state index is 0.231. The molecule has 1 N–H and O–H groups in total. The van der Waals surface area contributed by atoms with Gasteiger partial charge in [-0.3, -0.25) is 14.5 Å². The second-order valence-electron chi connectivity index (χ2n) is 7.17. The van der Waals surface area contributed by atoms with Crippen molar-refractivity contribution < 1.29 is 23.2 Å². The van der Waals surface area contributed by atoms with Gasteiger partial charge < -0.3 is 14.6 Å². The predicted octanol–water partition coefficient (Wildman–Crippen LogP) is 3.01. The number of nitrogens with zero attached hydrogens (tertiary/aromatic N) is 2. The maximum atomic E-state index is 13.4. The second kappa shape index (κ2) is 8.46. The lowest BCUT2D eigenvalue weighted by molar-refractivity contribution is -0.139. The van der Waals surface area contributed by atoms with Crippen molar-refractivity contribution in [2.75, 3.05) is 13.6 Å². The molecule has 4 amide bonds. The molecule has 0 radical (unpaired) electrons. The molecule has 0 saturated carbocycles. The molecule has 0 spiro atoms. The molecule has 7 nitrogen and oxygen atoms in total. The molecule has 1 aromatic heterocycles. The number of carbonyl (C=O) groups excluding carboxylic acids is 3. The zero-order valence-electron chi connectivity index (χ0n) is 16.5. The number of unbranched alkanes of at least 4 members (excludes halogenated alkanes) is 1. The highest BCUT2D eigenvalue weighted by Crippen LogP contribution is 2.34. The molecule has 154 valence electrons. The van der Waals surface area contributed by atoms with E-state index in [0.717, 1.165) is 11.3 Å². The van der Waals surface area contributed by atoms with Gasteiger partial charge in [-0.1, -0.05) is 31.9 Å². The zero-order valence-corrected chi connectivity index (χ0v) is 16.5. The Morgan fingerprint density at radius 3 is 2.59 bits per heavy atom. The summed E-state index contributed by atoms with van der Waals surface area (Å²) in [6.45, 7) is 1.83. The molecular formula is C21H24FN3O4. The normalized spacial score (nSPS) is 18.8. The highest BCUT2D eigenvalue weighted by atomic mass is 19.1. The van der Waals surface area contributed by atoms with Gasteiger partial charge in [-0.05, 0) is 36.2 Å². The van der Waals surface area contributed by atoms with Gasteiger partial charge in [0.05, 0.1) is 12.8 Å². The molecule has 2 heterocycles. The Kier molecular flexibility index (Phi) is 6.00. The Hall–Kier alpha value is -3.16.